The van der Waals surface area contributed by atoms with Gasteiger partial charge in [0.05, 0.1) is 5.69 Å². The highest BCUT2D eigenvalue weighted by atomic mass is 32.2. The summed E-state index contributed by atoms with van der Waals surface area (Å²) in [5.74, 6) is 1.07. The lowest BCUT2D eigenvalue weighted by Crippen LogP contribution is -2.33. The number of para-hydroxylation sites is 1. The maximum atomic E-state index is 12.7. The lowest BCUT2D eigenvalue weighted by atomic mass is 10.0. The number of alkyl halides is 3. The average molecular weight is 609 g/mol. The van der Waals surface area contributed by atoms with Crippen molar-refractivity contribution < 1.29 is 22.7 Å². The zero-order valence-corrected chi connectivity index (χ0v) is 24.5. The highest BCUT2D eigenvalue weighted by molar-refractivity contribution is 8.14. The first kappa shape index (κ1) is 30.1. The number of halogens is 3. The van der Waals surface area contributed by atoms with Crippen LogP contribution in [0.15, 0.2) is 84.1 Å². The molecule has 1 atom stereocenters. The van der Waals surface area contributed by atoms with Crippen LogP contribution in [-0.2, 0) is 12.8 Å². The van der Waals surface area contributed by atoms with E-state index in [4.69, 9.17) is 0 Å². The van der Waals surface area contributed by atoms with Crippen molar-refractivity contribution in [1.82, 2.24) is 20.1 Å². The molecule has 1 aliphatic rings. The number of hydrogen-bond donors (Lipinski definition) is 1. The van der Waals surface area contributed by atoms with E-state index in [1.165, 1.54) is 40.8 Å². The first-order valence-electron chi connectivity index (χ1n) is 13.9. The van der Waals surface area contributed by atoms with Crippen molar-refractivity contribution in [3.63, 3.8) is 0 Å². The zero-order chi connectivity index (χ0) is 30.4. The Morgan fingerprint density at radius 2 is 1.84 bits per heavy atom. The molecule has 1 aromatic heterocycles. The summed E-state index contributed by atoms with van der Waals surface area (Å²) in [7, 11) is 0. The number of amides is 2. The average Bonchev–Trinajstić information content (AvgIpc) is 3.66. The van der Waals surface area contributed by atoms with E-state index in [-0.39, 0.29) is 17.8 Å². The number of aromatic nitrogens is 3. The van der Waals surface area contributed by atoms with Crippen molar-refractivity contribution in [2.24, 2.45) is 4.99 Å². The largest absolute Gasteiger partial charge is 0.573 e. The van der Waals surface area contributed by atoms with Gasteiger partial charge in [-0.15, -0.1) is 18.3 Å². The number of nitrogens with one attached hydrogen (secondary N) is 1. The minimum Gasteiger partial charge on any atom is -0.406 e. The number of nitrogens with zero attached hydrogens (tertiary/aromatic N) is 5. The number of hydrogen-bond acceptors (Lipinski definition) is 5. The van der Waals surface area contributed by atoms with E-state index in [1.54, 1.807) is 11.8 Å². The number of carbonyl (C=O) groups excluding carboxylic acids is 1. The second-order valence-electron chi connectivity index (χ2n) is 10.0. The first-order valence-corrected chi connectivity index (χ1v) is 14.9. The van der Waals surface area contributed by atoms with E-state index in [1.807, 2.05) is 43.3 Å². The van der Waals surface area contributed by atoms with Crippen LogP contribution in [0.4, 0.5) is 23.7 Å². The van der Waals surface area contributed by atoms with Crippen LogP contribution in [0.3, 0.4) is 0 Å². The van der Waals surface area contributed by atoms with Gasteiger partial charge in [0.25, 0.3) is 0 Å². The van der Waals surface area contributed by atoms with E-state index in [2.05, 4.69) is 49.1 Å². The molecule has 12 heteroatoms. The van der Waals surface area contributed by atoms with E-state index in [0.717, 1.165) is 53.5 Å². The standard InChI is InChI=1S/C31H31F3N6O2S/c1-3-23-6-4-5-7-27(23)39-18-19-43-30(39)37-29(41)36-21(2)8-9-22-10-12-24(13-11-22)28-35-20-40(38-28)25-14-16-26(17-15-25)42-31(32,33)34/h4-7,10-17,20-21H,3,8-9,18-19H2,1-2H3,(H,36,41)/b37-30-. The van der Waals surface area contributed by atoms with Crippen LogP contribution in [0.5, 0.6) is 5.75 Å². The van der Waals surface area contributed by atoms with Crippen LogP contribution in [0, 0.1) is 0 Å². The monoisotopic (exact) mass is 608 g/mol. The summed E-state index contributed by atoms with van der Waals surface area (Å²) >= 11 is 1.59. The van der Waals surface area contributed by atoms with Gasteiger partial charge in [-0.1, -0.05) is 61.2 Å². The molecule has 1 aliphatic heterocycles. The lowest BCUT2D eigenvalue weighted by Gasteiger charge is -2.21. The van der Waals surface area contributed by atoms with Gasteiger partial charge in [0.1, 0.15) is 12.1 Å². The second kappa shape index (κ2) is 13.3. The molecule has 0 aliphatic carbocycles. The second-order valence-corrected chi connectivity index (χ2v) is 11.1. The molecule has 2 amide bonds. The minimum atomic E-state index is -4.74. The fourth-order valence-electron chi connectivity index (χ4n) is 4.72. The molecule has 0 radical (unpaired) electrons. The number of benzene rings is 3. The predicted octanol–water partition coefficient (Wildman–Crippen LogP) is 7.04. The zero-order valence-electron chi connectivity index (χ0n) is 23.7. The van der Waals surface area contributed by atoms with Gasteiger partial charge in [0.2, 0.25) is 0 Å². The van der Waals surface area contributed by atoms with Gasteiger partial charge in [-0.3, -0.25) is 0 Å². The van der Waals surface area contributed by atoms with Crippen LogP contribution < -0.4 is 15.0 Å². The predicted molar refractivity (Wildman–Crippen MR) is 163 cm³/mol. The minimum absolute atomic E-state index is 0.0652. The van der Waals surface area contributed by atoms with Gasteiger partial charge in [-0.25, -0.2) is 14.5 Å². The number of thioether (sulfide) groups is 1. The maximum absolute atomic E-state index is 12.7. The van der Waals surface area contributed by atoms with Crippen LogP contribution in [-0.4, -0.2) is 50.7 Å². The van der Waals surface area contributed by atoms with E-state index in [0.29, 0.717) is 11.5 Å². The van der Waals surface area contributed by atoms with Crippen molar-refractivity contribution in [2.45, 2.75) is 45.5 Å². The smallest absolute Gasteiger partial charge is 0.406 e. The van der Waals surface area contributed by atoms with Gasteiger partial charge < -0.3 is 15.0 Å². The molecule has 1 fully saturated rings. The van der Waals surface area contributed by atoms with Gasteiger partial charge >= 0.3 is 12.4 Å². The quantitative estimate of drug-likeness (QED) is 0.220. The number of aryl methyl sites for hydroxylation is 2. The molecule has 1 N–H and O–H groups in total. The summed E-state index contributed by atoms with van der Waals surface area (Å²) in [5.41, 5.74) is 4.80. The Labute approximate surface area is 252 Å². The molecule has 5 rings (SSSR count). The molecule has 1 saturated heterocycles. The SMILES string of the molecule is CCc1ccccc1N1CCS/C1=N\C(=O)NC(C)CCc1ccc(-c2ncn(-c3ccc(OC(F)(F)F)cc3)n2)cc1. The first-order chi connectivity index (χ1) is 20.7. The topological polar surface area (TPSA) is 84.6 Å². The molecule has 4 aromatic rings. The third-order valence-corrected chi connectivity index (χ3v) is 7.87. The maximum Gasteiger partial charge on any atom is 0.573 e. The number of rotatable bonds is 9. The molecular formula is C31H31F3N6O2S. The summed E-state index contributed by atoms with van der Waals surface area (Å²) in [6, 6.07) is 21.0. The van der Waals surface area contributed by atoms with Crippen molar-refractivity contribution in [2.75, 3.05) is 17.2 Å². The van der Waals surface area contributed by atoms with E-state index < -0.39 is 6.36 Å². The van der Waals surface area contributed by atoms with Crippen molar-refractivity contribution in [1.29, 1.82) is 0 Å². The Balaban J connectivity index is 1.13. The molecule has 0 bridgehead atoms. The van der Waals surface area contributed by atoms with Crippen molar-refractivity contribution in [3.8, 4) is 22.8 Å². The van der Waals surface area contributed by atoms with Crippen LogP contribution in [0.2, 0.25) is 0 Å². The molecule has 3 aromatic carbocycles. The third-order valence-electron chi connectivity index (χ3n) is 6.91. The van der Waals surface area contributed by atoms with Crippen LogP contribution in [0.25, 0.3) is 17.1 Å². The Hall–Kier alpha value is -4.32. The molecule has 43 heavy (non-hydrogen) atoms. The number of ether oxygens (including phenoxy) is 1. The molecule has 2 heterocycles. The van der Waals surface area contributed by atoms with Gasteiger partial charge in [-0.05, 0) is 67.6 Å². The number of carbonyl (C=O) groups is 1. The summed E-state index contributed by atoms with van der Waals surface area (Å²) in [6.07, 6.45) is -0.824. The summed E-state index contributed by atoms with van der Waals surface area (Å²) in [4.78, 5) is 23.6. The van der Waals surface area contributed by atoms with Gasteiger partial charge in [0, 0.05) is 29.6 Å². The van der Waals surface area contributed by atoms with E-state index >= 15 is 0 Å². The number of anilines is 1. The van der Waals surface area contributed by atoms with Gasteiger partial charge in [0.15, 0.2) is 11.0 Å². The Kier molecular flexibility index (Phi) is 9.34. The number of amidine groups is 1. The molecular weight excluding hydrogens is 577 g/mol. The van der Waals surface area contributed by atoms with E-state index in [9.17, 15) is 18.0 Å². The van der Waals surface area contributed by atoms with Gasteiger partial charge in [-0.2, -0.15) is 4.99 Å². The molecule has 0 saturated carbocycles. The Bertz CT molecular complexity index is 1570. The fraction of sp³-hybridized carbons (Fsp3) is 0.290. The molecule has 224 valence electrons. The highest BCUT2D eigenvalue weighted by Crippen LogP contribution is 2.29. The Morgan fingerprint density at radius 3 is 2.56 bits per heavy atom. The van der Waals surface area contributed by atoms with Crippen LogP contribution in [0.1, 0.15) is 31.4 Å². The van der Waals surface area contributed by atoms with Crippen LogP contribution >= 0.6 is 11.8 Å². The molecule has 0 spiro atoms. The number of aliphatic imine (C=N–C) groups is 1. The number of urea groups is 1. The summed E-state index contributed by atoms with van der Waals surface area (Å²) < 4.78 is 42.6. The Morgan fingerprint density at radius 1 is 1.09 bits per heavy atom. The normalized spacial score (nSPS) is 15.1. The third kappa shape index (κ3) is 7.95. The van der Waals surface area contributed by atoms with Crippen molar-refractivity contribution >= 4 is 28.6 Å². The van der Waals surface area contributed by atoms with Crippen molar-refractivity contribution in [3.05, 3.63) is 90.3 Å². The lowest BCUT2D eigenvalue weighted by molar-refractivity contribution is -0.274. The summed E-state index contributed by atoms with van der Waals surface area (Å²) in [5, 5.41) is 8.17. The molecule has 8 nitrogen and oxygen atoms in total. The molecule has 1 unspecified atom stereocenters. The summed E-state index contributed by atoms with van der Waals surface area (Å²) in [6.45, 7) is 4.91. The highest BCUT2D eigenvalue weighted by Gasteiger charge is 2.31. The fourth-order valence-corrected chi connectivity index (χ4v) is 5.67.